The third-order valence-corrected chi connectivity index (χ3v) is 2.42. The van der Waals surface area contributed by atoms with Crippen LogP contribution in [0.5, 0.6) is 0 Å². The fourth-order valence-electron chi connectivity index (χ4n) is 1.46. The predicted molar refractivity (Wildman–Crippen MR) is 54.6 cm³/mol. The van der Waals surface area contributed by atoms with Crippen molar-refractivity contribution in [1.29, 1.82) is 0 Å². The van der Waals surface area contributed by atoms with Crippen molar-refractivity contribution in [2.45, 2.75) is 13.5 Å². The SMILES string of the molecule is Cc1c(C(=O)[O-])nnn1Cc1ccc(F)cc1. The summed E-state index contributed by atoms with van der Waals surface area (Å²) >= 11 is 0. The van der Waals surface area contributed by atoms with Crippen molar-refractivity contribution in [2.75, 3.05) is 0 Å². The van der Waals surface area contributed by atoms with Gasteiger partial charge in [-0.05, 0) is 24.6 Å². The molecule has 0 spiro atoms. The molecule has 0 amide bonds. The molecule has 1 aromatic heterocycles. The number of aromatic carboxylic acids is 1. The van der Waals surface area contributed by atoms with E-state index in [4.69, 9.17) is 0 Å². The number of nitrogens with zero attached hydrogens (tertiary/aromatic N) is 3. The molecule has 0 aliphatic carbocycles. The molecule has 0 aliphatic heterocycles. The minimum Gasteiger partial charge on any atom is -0.543 e. The molecule has 6 heteroatoms. The number of rotatable bonds is 3. The summed E-state index contributed by atoms with van der Waals surface area (Å²) in [5.41, 5.74) is 1.05. The summed E-state index contributed by atoms with van der Waals surface area (Å²) in [6.45, 7) is 1.93. The summed E-state index contributed by atoms with van der Waals surface area (Å²) in [6, 6.07) is 5.88. The number of carbonyl (C=O) groups is 1. The molecule has 2 aromatic rings. The van der Waals surface area contributed by atoms with Crippen LogP contribution in [0.4, 0.5) is 4.39 Å². The predicted octanol–water partition coefficient (Wildman–Crippen LogP) is 0.137. The molecule has 1 heterocycles. The molecule has 5 nitrogen and oxygen atoms in total. The van der Waals surface area contributed by atoms with Gasteiger partial charge in [0.2, 0.25) is 0 Å². The van der Waals surface area contributed by atoms with Gasteiger partial charge >= 0.3 is 0 Å². The van der Waals surface area contributed by atoms with Crippen LogP contribution in [0.25, 0.3) is 0 Å². The molecule has 2 rings (SSSR count). The molecule has 0 bridgehead atoms. The van der Waals surface area contributed by atoms with Gasteiger partial charge in [0.1, 0.15) is 11.5 Å². The van der Waals surface area contributed by atoms with Gasteiger partial charge in [-0.1, -0.05) is 17.3 Å². The molecule has 88 valence electrons. The zero-order valence-corrected chi connectivity index (χ0v) is 9.05. The lowest BCUT2D eigenvalue weighted by atomic mass is 10.2. The van der Waals surface area contributed by atoms with Crippen LogP contribution in [0.15, 0.2) is 24.3 Å². The lowest BCUT2D eigenvalue weighted by Crippen LogP contribution is -2.23. The Balaban J connectivity index is 2.24. The van der Waals surface area contributed by atoms with Crippen molar-refractivity contribution >= 4 is 5.97 Å². The lowest BCUT2D eigenvalue weighted by molar-refractivity contribution is -0.255. The van der Waals surface area contributed by atoms with Crippen LogP contribution < -0.4 is 5.11 Å². The first-order chi connectivity index (χ1) is 8.08. The van der Waals surface area contributed by atoms with Crippen LogP contribution in [0.2, 0.25) is 0 Å². The van der Waals surface area contributed by atoms with Gasteiger partial charge in [0.25, 0.3) is 0 Å². The van der Waals surface area contributed by atoms with Gasteiger partial charge in [0.05, 0.1) is 18.2 Å². The second-order valence-electron chi connectivity index (χ2n) is 3.60. The number of aromatic nitrogens is 3. The maximum Gasteiger partial charge on any atom is 0.131 e. The maximum atomic E-state index is 12.7. The van der Waals surface area contributed by atoms with Crippen LogP contribution in [0.1, 0.15) is 21.7 Å². The highest BCUT2D eigenvalue weighted by molar-refractivity contribution is 5.84. The van der Waals surface area contributed by atoms with Crippen LogP contribution in [-0.4, -0.2) is 21.0 Å². The Morgan fingerprint density at radius 3 is 2.59 bits per heavy atom. The molecular formula is C11H9FN3O2-. The largest absolute Gasteiger partial charge is 0.543 e. The maximum absolute atomic E-state index is 12.7. The summed E-state index contributed by atoms with van der Waals surface area (Å²) in [6.07, 6.45) is 0. The number of halogens is 1. The van der Waals surface area contributed by atoms with E-state index in [1.54, 1.807) is 19.1 Å². The number of carbonyl (C=O) groups excluding carboxylic acids is 1. The molecule has 0 saturated heterocycles. The minimum absolute atomic E-state index is 0.174. The summed E-state index contributed by atoms with van der Waals surface area (Å²) < 4.78 is 14.1. The Morgan fingerprint density at radius 1 is 1.41 bits per heavy atom. The third kappa shape index (κ3) is 2.30. The van der Waals surface area contributed by atoms with Crippen molar-refractivity contribution in [1.82, 2.24) is 15.0 Å². The fourth-order valence-corrected chi connectivity index (χ4v) is 1.46. The van der Waals surface area contributed by atoms with Crippen molar-refractivity contribution in [2.24, 2.45) is 0 Å². The topological polar surface area (TPSA) is 70.8 Å². The minimum atomic E-state index is -1.35. The van der Waals surface area contributed by atoms with Crippen molar-refractivity contribution in [3.8, 4) is 0 Å². The van der Waals surface area contributed by atoms with Gasteiger partial charge in [-0.15, -0.1) is 5.10 Å². The molecule has 0 unspecified atom stereocenters. The first kappa shape index (κ1) is 11.3. The van der Waals surface area contributed by atoms with E-state index in [0.29, 0.717) is 12.2 Å². The second-order valence-corrected chi connectivity index (χ2v) is 3.60. The zero-order valence-electron chi connectivity index (χ0n) is 9.05. The highest BCUT2D eigenvalue weighted by atomic mass is 19.1. The van der Waals surface area contributed by atoms with Gasteiger partial charge in [-0.3, -0.25) is 0 Å². The van der Waals surface area contributed by atoms with Gasteiger partial charge < -0.3 is 9.90 Å². The number of benzene rings is 1. The molecule has 1 aromatic carbocycles. The van der Waals surface area contributed by atoms with E-state index < -0.39 is 5.97 Å². The molecule has 0 aliphatic rings. The van der Waals surface area contributed by atoms with Crippen molar-refractivity contribution in [3.05, 3.63) is 47.0 Å². The number of carboxylic acids is 1. The van der Waals surface area contributed by atoms with E-state index in [-0.39, 0.29) is 11.5 Å². The average molecular weight is 234 g/mol. The Hall–Kier alpha value is -2.24. The van der Waals surface area contributed by atoms with Crippen LogP contribution in [-0.2, 0) is 6.54 Å². The molecule has 0 radical (unpaired) electrons. The molecule has 0 fully saturated rings. The van der Waals surface area contributed by atoms with Crippen molar-refractivity contribution < 1.29 is 14.3 Å². The molecule has 0 N–H and O–H groups in total. The van der Waals surface area contributed by atoms with Crippen LogP contribution in [0, 0.1) is 12.7 Å². The fraction of sp³-hybridized carbons (Fsp3) is 0.182. The smallest absolute Gasteiger partial charge is 0.131 e. The van der Waals surface area contributed by atoms with E-state index in [2.05, 4.69) is 10.3 Å². The number of hydrogen-bond donors (Lipinski definition) is 0. The lowest BCUT2D eigenvalue weighted by Gasteiger charge is -2.04. The quantitative estimate of drug-likeness (QED) is 0.757. The molecule has 0 atom stereocenters. The van der Waals surface area contributed by atoms with Crippen LogP contribution >= 0.6 is 0 Å². The molecule has 0 saturated carbocycles. The van der Waals surface area contributed by atoms with Gasteiger partial charge in [-0.2, -0.15) is 0 Å². The summed E-state index contributed by atoms with van der Waals surface area (Å²) in [7, 11) is 0. The van der Waals surface area contributed by atoms with E-state index in [1.807, 2.05) is 0 Å². The third-order valence-electron chi connectivity index (χ3n) is 2.42. The van der Waals surface area contributed by atoms with E-state index in [1.165, 1.54) is 16.8 Å². The monoisotopic (exact) mass is 234 g/mol. The standard InChI is InChI=1S/C11H10FN3O2/c1-7-10(11(16)17)13-14-15(7)6-8-2-4-9(12)5-3-8/h2-5H,6H2,1H3,(H,16,17)/p-1. The molecule has 17 heavy (non-hydrogen) atoms. The molecular weight excluding hydrogens is 225 g/mol. The summed E-state index contributed by atoms with van der Waals surface area (Å²) in [5.74, 6) is -1.67. The summed E-state index contributed by atoms with van der Waals surface area (Å²) in [5, 5.41) is 17.9. The highest BCUT2D eigenvalue weighted by Gasteiger charge is 2.09. The Morgan fingerprint density at radius 2 is 2.06 bits per heavy atom. The first-order valence-electron chi connectivity index (χ1n) is 4.94. The Bertz CT molecular complexity index is 548. The normalized spacial score (nSPS) is 10.5. The van der Waals surface area contributed by atoms with E-state index in [0.717, 1.165) is 5.56 Å². The van der Waals surface area contributed by atoms with E-state index >= 15 is 0 Å². The number of carboxylic acid groups (broad SMARTS) is 1. The Labute approximate surface area is 96.5 Å². The van der Waals surface area contributed by atoms with Gasteiger partial charge in [0.15, 0.2) is 0 Å². The first-order valence-corrected chi connectivity index (χ1v) is 4.94. The summed E-state index contributed by atoms with van der Waals surface area (Å²) in [4.78, 5) is 10.7. The zero-order chi connectivity index (χ0) is 12.4. The van der Waals surface area contributed by atoms with E-state index in [9.17, 15) is 14.3 Å². The van der Waals surface area contributed by atoms with Crippen molar-refractivity contribution in [3.63, 3.8) is 0 Å². The highest BCUT2D eigenvalue weighted by Crippen LogP contribution is 2.08. The number of hydrogen-bond acceptors (Lipinski definition) is 4. The van der Waals surface area contributed by atoms with Gasteiger partial charge in [-0.25, -0.2) is 9.07 Å². The van der Waals surface area contributed by atoms with Gasteiger partial charge in [0, 0.05) is 0 Å². The Kier molecular flexibility index (Phi) is 2.86. The second kappa shape index (κ2) is 4.32. The van der Waals surface area contributed by atoms with Crippen LogP contribution in [0.3, 0.4) is 0 Å². The average Bonchev–Trinajstić information content (AvgIpc) is 2.64.